The zero-order valence-corrected chi connectivity index (χ0v) is 8.27. The molecule has 0 bridgehead atoms. The summed E-state index contributed by atoms with van der Waals surface area (Å²) < 4.78 is 0.696. The zero-order chi connectivity index (χ0) is 9.10. The van der Waals surface area contributed by atoms with E-state index in [1.54, 1.807) is 0 Å². The SMILES string of the molecule is Brc1cc(-c2ccccc2)nnn1. The van der Waals surface area contributed by atoms with Crippen LogP contribution in [0.5, 0.6) is 0 Å². The summed E-state index contributed by atoms with van der Waals surface area (Å²) in [6.45, 7) is 0. The number of hydrogen-bond acceptors (Lipinski definition) is 3. The van der Waals surface area contributed by atoms with Gasteiger partial charge in [-0.15, -0.1) is 10.2 Å². The van der Waals surface area contributed by atoms with Gasteiger partial charge in [0, 0.05) is 11.6 Å². The number of aromatic nitrogens is 3. The van der Waals surface area contributed by atoms with Crippen LogP contribution < -0.4 is 0 Å². The van der Waals surface area contributed by atoms with Crippen molar-refractivity contribution in [2.75, 3.05) is 0 Å². The van der Waals surface area contributed by atoms with Gasteiger partial charge < -0.3 is 0 Å². The van der Waals surface area contributed by atoms with Crippen molar-refractivity contribution in [3.05, 3.63) is 41.0 Å². The Morgan fingerprint density at radius 2 is 1.77 bits per heavy atom. The molecule has 13 heavy (non-hydrogen) atoms. The van der Waals surface area contributed by atoms with Crippen LogP contribution in [0.2, 0.25) is 0 Å². The Balaban J connectivity index is 2.48. The molecule has 2 aromatic rings. The predicted molar refractivity (Wildman–Crippen MR) is 53.0 cm³/mol. The fourth-order valence-corrected chi connectivity index (χ4v) is 1.32. The van der Waals surface area contributed by atoms with Gasteiger partial charge in [0.25, 0.3) is 0 Å². The van der Waals surface area contributed by atoms with Crippen molar-refractivity contribution < 1.29 is 0 Å². The maximum atomic E-state index is 3.92. The minimum atomic E-state index is 0.696. The lowest BCUT2D eigenvalue weighted by Gasteiger charge is -1.97. The number of benzene rings is 1. The van der Waals surface area contributed by atoms with Crippen molar-refractivity contribution in [1.29, 1.82) is 0 Å². The first kappa shape index (κ1) is 8.31. The maximum Gasteiger partial charge on any atom is 0.132 e. The van der Waals surface area contributed by atoms with Gasteiger partial charge >= 0.3 is 0 Å². The Kier molecular flexibility index (Phi) is 2.31. The van der Waals surface area contributed by atoms with Crippen molar-refractivity contribution in [2.45, 2.75) is 0 Å². The average Bonchev–Trinajstić information content (AvgIpc) is 2.19. The summed E-state index contributed by atoms with van der Waals surface area (Å²) >= 11 is 3.25. The molecule has 0 fully saturated rings. The Labute approximate surface area is 84.0 Å². The quantitative estimate of drug-likeness (QED) is 0.762. The van der Waals surface area contributed by atoms with E-state index in [1.165, 1.54) is 0 Å². The minimum absolute atomic E-state index is 0.696. The molecule has 0 aliphatic heterocycles. The molecule has 64 valence electrons. The number of rotatable bonds is 1. The van der Waals surface area contributed by atoms with E-state index in [0.29, 0.717) is 4.60 Å². The molecule has 0 unspecified atom stereocenters. The van der Waals surface area contributed by atoms with Gasteiger partial charge in [0.2, 0.25) is 0 Å². The second-order valence-corrected chi connectivity index (χ2v) is 3.32. The fourth-order valence-electron chi connectivity index (χ4n) is 1.03. The third kappa shape index (κ3) is 1.89. The van der Waals surface area contributed by atoms with Gasteiger partial charge in [0.15, 0.2) is 0 Å². The monoisotopic (exact) mass is 235 g/mol. The molecule has 2 rings (SSSR count). The Hall–Kier alpha value is -1.29. The molecule has 0 aliphatic rings. The van der Waals surface area contributed by atoms with Gasteiger partial charge in [0.05, 0.1) is 5.69 Å². The molecule has 0 radical (unpaired) electrons. The van der Waals surface area contributed by atoms with Gasteiger partial charge in [0.1, 0.15) is 4.60 Å². The zero-order valence-electron chi connectivity index (χ0n) is 6.68. The summed E-state index contributed by atoms with van der Waals surface area (Å²) in [5.41, 5.74) is 1.86. The average molecular weight is 236 g/mol. The van der Waals surface area contributed by atoms with Gasteiger partial charge in [-0.2, -0.15) is 0 Å². The molecular formula is C9H6BrN3. The molecular weight excluding hydrogens is 230 g/mol. The molecule has 1 aromatic heterocycles. The lowest BCUT2D eigenvalue weighted by molar-refractivity contribution is 0.855. The topological polar surface area (TPSA) is 38.7 Å². The van der Waals surface area contributed by atoms with E-state index in [2.05, 4.69) is 31.3 Å². The summed E-state index contributed by atoms with van der Waals surface area (Å²) in [5, 5.41) is 11.3. The smallest absolute Gasteiger partial charge is 0.130 e. The number of halogens is 1. The van der Waals surface area contributed by atoms with Crippen molar-refractivity contribution >= 4 is 15.9 Å². The molecule has 1 aromatic carbocycles. The van der Waals surface area contributed by atoms with Crippen LogP contribution in [0.25, 0.3) is 11.3 Å². The predicted octanol–water partition coefficient (Wildman–Crippen LogP) is 2.30. The molecule has 0 N–H and O–H groups in total. The maximum absolute atomic E-state index is 3.92. The second-order valence-electron chi connectivity index (χ2n) is 2.51. The Bertz CT molecular complexity index is 403. The van der Waals surface area contributed by atoms with Crippen LogP contribution in [0.3, 0.4) is 0 Å². The molecule has 0 aliphatic carbocycles. The van der Waals surface area contributed by atoms with Gasteiger partial charge in [-0.25, -0.2) is 0 Å². The molecule has 0 atom stereocenters. The molecule has 3 nitrogen and oxygen atoms in total. The first-order valence-electron chi connectivity index (χ1n) is 3.77. The molecule has 0 spiro atoms. The molecule has 0 saturated heterocycles. The van der Waals surface area contributed by atoms with Crippen LogP contribution in [-0.4, -0.2) is 15.4 Å². The van der Waals surface area contributed by atoms with Crippen molar-refractivity contribution in [1.82, 2.24) is 15.4 Å². The highest BCUT2D eigenvalue weighted by molar-refractivity contribution is 9.10. The summed E-state index contributed by atoms with van der Waals surface area (Å²) in [6.07, 6.45) is 0. The normalized spacial score (nSPS) is 9.92. The largest absolute Gasteiger partial charge is 0.132 e. The van der Waals surface area contributed by atoms with Gasteiger partial charge in [-0.3, -0.25) is 0 Å². The van der Waals surface area contributed by atoms with E-state index in [4.69, 9.17) is 0 Å². The van der Waals surface area contributed by atoms with E-state index in [1.807, 2.05) is 36.4 Å². The molecule has 1 heterocycles. The minimum Gasteiger partial charge on any atom is -0.130 e. The number of nitrogens with zero attached hydrogens (tertiary/aromatic N) is 3. The van der Waals surface area contributed by atoms with Crippen LogP contribution in [0.4, 0.5) is 0 Å². The Morgan fingerprint density at radius 1 is 1.00 bits per heavy atom. The molecule has 4 heteroatoms. The van der Waals surface area contributed by atoms with Crippen LogP contribution in [0, 0.1) is 0 Å². The van der Waals surface area contributed by atoms with Crippen molar-refractivity contribution in [2.24, 2.45) is 0 Å². The lowest BCUT2D eigenvalue weighted by atomic mass is 10.2. The molecule has 0 amide bonds. The highest BCUT2D eigenvalue weighted by atomic mass is 79.9. The van der Waals surface area contributed by atoms with E-state index in [9.17, 15) is 0 Å². The highest BCUT2D eigenvalue weighted by Crippen LogP contribution is 2.17. The van der Waals surface area contributed by atoms with Crippen LogP contribution in [0.1, 0.15) is 0 Å². The molecule has 0 saturated carbocycles. The summed E-state index contributed by atoms with van der Waals surface area (Å²) in [4.78, 5) is 0. The summed E-state index contributed by atoms with van der Waals surface area (Å²) in [6, 6.07) is 11.7. The first-order chi connectivity index (χ1) is 6.36. The Morgan fingerprint density at radius 3 is 2.46 bits per heavy atom. The standard InChI is InChI=1S/C9H6BrN3/c10-9-6-8(11-13-12-9)7-4-2-1-3-5-7/h1-6H. The van der Waals surface area contributed by atoms with Crippen LogP contribution in [-0.2, 0) is 0 Å². The second kappa shape index (κ2) is 3.62. The first-order valence-corrected chi connectivity index (χ1v) is 4.57. The third-order valence-electron chi connectivity index (χ3n) is 1.62. The van der Waals surface area contributed by atoms with E-state index < -0.39 is 0 Å². The van der Waals surface area contributed by atoms with Gasteiger partial charge in [-0.05, 0) is 21.1 Å². The van der Waals surface area contributed by atoms with E-state index in [0.717, 1.165) is 11.3 Å². The third-order valence-corrected chi connectivity index (χ3v) is 2.01. The van der Waals surface area contributed by atoms with Crippen LogP contribution in [0.15, 0.2) is 41.0 Å². The van der Waals surface area contributed by atoms with Gasteiger partial charge in [-0.1, -0.05) is 30.3 Å². The summed E-state index contributed by atoms with van der Waals surface area (Å²) in [7, 11) is 0. The lowest BCUT2D eigenvalue weighted by Crippen LogP contribution is -1.90. The van der Waals surface area contributed by atoms with E-state index in [-0.39, 0.29) is 0 Å². The van der Waals surface area contributed by atoms with Crippen molar-refractivity contribution in [3.63, 3.8) is 0 Å². The summed E-state index contributed by atoms with van der Waals surface area (Å²) in [5.74, 6) is 0. The van der Waals surface area contributed by atoms with E-state index >= 15 is 0 Å². The number of hydrogen-bond donors (Lipinski definition) is 0. The van der Waals surface area contributed by atoms with Crippen molar-refractivity contribution in [3.8, 4) is 11.3 Å². The fraction of sp³-hybridized carbons (Fsp3) is 0. The highest BCUT2D eigenvalue weighted by Gasteiger charge is 1.99. The van der Waals surface area contributed by atoms with Crippen LogP contribution >= 0.6 is 15.9 Å².